The summed E-state index contributed by atoms with van der Waals surface area (Å²) in [6.45, 7) is 11.6. The summed E-state index contributed by atoms with van der Waals surface area (Å²) in [5.41, 5.74) is 0. The Labute approximate surface area is 93.6 Å². The van der Waals surface area contributed by atoms with E-state index in [1.54, 1.807) is 0 Å². The van der Waals surface area contributed by atoms with Gasteiger partial charge in [-0.1, -0.05) is 34.1 Å². The van der Waals surface area contributed by atoms with Crippen molar-refractivity contribution in [3.8, 4) is 0 Å². The van der Waals surface area contributed by atoms with Gasteiger partial charge in [0.25, 0.3) is 0 Å². The second-order valence-electron chi connectivity index (χ2n) is 4.42. The summed E-state index contributed by atoms with van der Waals surface area (Å²) in [5.74, 6) is 0.751. The van der Waals surface area contributed by atoms with Gasteiger partial charge in [0.15, 0.2) is 0 Å². The minimum Gasteiger partial charge on any atom is -0.465 e. The number of hydrogen-bond acceptors (Lipinski definition) is 3. The Bertz CT molecular complexity index is 180. The maximum Gasteiger partial charge on any atom is 0.323 e. The van der Waals surface area contributed by atoms with E-state index in [1.807, 2.05) is 6.92 Å². The van der Waals surface area contributed by atoms with Gasteiger partial charge in [-0.25, -0.2) is 0 Å². The number of rotatable bonds is 7. The average Bonchev–Trinajstić information content (AvgIpc) is 2.17. The third-order valence-corrected chi connectivity index (χ3v) is 2.50. The molecule has 2 atom stereocenters. The van der Waals surface area contributed by atoms with Crippen molar-refractivity contribution in [1.82, 2.24) is 5.32 Å². The van der Waals surface area contributed by atoms with Gasteiger partial charge in [-0.15, -0.1) is 0 Å². The smallest absolute Gasteiger partial charge is 0.323 e. The molecule has 0 fully saturated rings. The van der Waals surface area contributed by atoms with Gasteiger partial charge in [0.05, 0.1) is 6.61 Å². The fraction of sp³-hybridized carbons (Fsp3) is 0.917. The van der Waals surface area contributed by atoms with E-state index in [9.17, 15) is 4.79 Å². The molecule has 3 heteroatoms. The number of ether oxygens (including phenoxy) is 1. The van der Waals surface area contributed by atoms with E-state index < -0.39 is 0 Å². The molecule has 0 radical (unpaired) electrons. The molecule has 0 aromatic carbocycles. The van der Waals surface area contributed by atoms with Crippen molar-refractivity contribution >= 4 is 5.97 Å². The molecular formula is C12H25NO2. The summed E-state index contributed by atoms with van der Waals surface area (Å²) in [6.07, 6.45) is 0.981. The maximum atomic E-state index is 11.7. The molecule has 0 aliphatic heterocycles. The molecule has 0 rings (SSSR count). The van der Waals surface area contributed by atoms with Crippen LogP contribution in [-0.2, 0) is 9.53 Å². The normalized spacial score (nSPS) is 15.1. The van der Waals surface area contributed by atoms with Gasteiger partial charge >= 0.3 is 5.97 Å². The lowest BCUT2D eigenvalue weighted by Gasteiger charge is -2.23. The van der Waals surface area contributed by atoms with Gasteiger partial charge in [0, 0.05) is 0 Å². The third-order valence-electron chi connectivity index (χ3n) is 2.50. The lowest BCUT2D eigenvalue weighted by atomic mass is 9.99. The molecular weight excluding hydrogens is 190 g/mol. The summed E-state index contributed by atoms with van der Waals surface area (Å²) >= 11 is 0. The highest BCUT2D eigenvalue weighted by Crippen LogP contribution is 2.10. The molecule has 15 heavy (non-hydrogen) atoms. The maximum absolute atomic E-state index is 11.7. The van der Waals surface area contributed by atoms with E-state index in [2.05, 4.69) is 33.0 Å². The monoisotopic (exact) mass is 215 g/mol. The summed E-state index contributed by atoms with van der Waals surface area (Å²) < 4.78 is 5.06. The topological polar surface area (TPSA) is 38.3 Å². The number of carbonyl (C=O) groups is 1. The van der Waals surface area contributed by atoms with E-state index in [4.69, 9.17) is 4.74 Å². The van der Waals surface area contributed by atoms with Crippen LogP contribution in [0.15, 0.2) is 0 Å². The van der Waals surface area contributed by atoms with E-state index in [0.717, 1.165) is 13.0 Å². The largest absolute Gasteiger partial charge is 0.465 e. The van der Waals surface area contributed by atoms with Gasteiger partial charge in [-0.3, -0.25) is 4.79 Å². The Morgan fingerprint density at radius 3 is 2.27 bits per heavy atom. The molecule has 90 valence electrons. The van der Waals surface area contributed by atoms with Crippen molar-refractivity contribution in [2.75, 3.05) is 13.2 Å². The molecule has 0 saturated heterocycles. The Kier molecular flexibility index (Phi) is 7.39. The number of carbonyl (C=O) groups excluding carboxylic acids is 1. The summed E-state index contributed by atoms with van der Waals surface area (Å²) in [4.78, 5) is 11.7. The standard InChI is InChI=1S/C12H25NO2/c1-6-10(5)11(12(14)15-7-2)13-8-9(3)4/h9-11,13H,6-8H2,1-5H3. The van der Waals surface area contributed by atoms with E-state index in [-0.39, 0.29) is 12.0 Å². The van der Waals surface area contributed by atoms with Crippen LogP contribution < -0.4 is 5.32 Å². The van der Waals surface area contributed by atoms with Crippen molar-refractivity contribution in [3.05, 3.63) is 0 Å². The highest BCUT2D eigenvalue weighted by atomic mass is 16.5. The Morgan fingerprint density at radius 1 is 1.27 bits per heavy atom. The highest BCUT2D eigenvalue weighted by Gasteiger charge is 2.24. The van der Waals surface area contributed by atoms with Crippen LogP contribution in [0.3, 0.4) is 0 Å². The highest BCUT2D eigenvalue weighted by molar-refractivity contribution is 5.76. The number of esters is 1. The fourth-order valence-electron chi connectivity index (χ4n) is 1.35. The first kappa shape index (κ1) is 14.4. The van der Waals surface area contributed by atoms with Crippen molar-refractivity contribution < 1.29 is 9.53 Å². The number of hydrogen-bond donors (Lipinski definition) is 1. The number of nitrogens with one attached hydrogen (secondary N) is 1. The van der Waals surface area contributed by atoms with Gasteiger partial charge in [-0.2, -0.15) is 0 Å². The molecule has 0 aliphatic rings. The predicted molar refractivity (Wildman–Crippen MR) is 62.7 cm³/mol. The van der Waals surface area contributed by atoms with Gasteiger partial charge in [0.2, 0.25) is 0 Å². The van der Waals surface area contributed by atoms with Crippen molar-refractivity contribution in [3.63, 3.8) is 0 Å². The summed E-state index contributed by atoms with van der Waals surface area (Å²) in [7, 11) is 0. The zero-order valence-corrected chi connectivity index (χ0v) is 10.7. The van der Waals surface area contributed by atoms with Crippen molar-refractivity contribution in [1.29, 1.82) is 0 Å². The lowest BCUT2D eigenvalue weighted by molar-refractivity contribution is -0.147. The van der Waals surface area contributed by atoms with Crippen molar-refractivity contribution in [2.24, 2.45) is 11.8 Å². The first-order valence-electron chi connectivity index (χ1n) is 5.92. The van der Waals surface area contributed by atoms with Gasteiger partial charge in [-0.05, 0) is 25.3 Å². The van der Waals surface area contributed by atoms with Crippen LogP contribution in [0.4, 0.5) is 0 Å². The van der Waals surface area contributed by atoms with Crippen LogP contribution in [-0.4, -0.2) is 25.2 Å². The molecule has 0 aliphatic carbocycles. The summed E-state index contributed by atoms with van der Waals surface area (Å²) in [6, 6.07) is -0.155. The first-order valence-corrected chi connectivity index (χ1v) is 5.92. The minimum absolute atomic E-state index is 0.118. The molecule has 0 bridgehead atoms. The fourth-order valence-corrected chi connectivity index (χ4v) is 1.35. The predicted octanol–water partition coefficient (Wildman–Crippen LogP) is 2.21. The first-order chi connectivity index (χ1) is 7.02. The molecule has 2 unspecified atom stereocenters. The second-order valence-corrected chi connectivity index (χ2v) is 4.42. The Morgan fingerprint density at radius 2 is 1.87 bits per heavy atom. The molecule has 0 heterocycles. The van der Waals surface area contributed by atoms with E-state index in [1.165, 1.54) is 0 Å². The zero-order chi connectivity index (χ0) is 11.8. The Hall–Kier alpha value is -0.570. The SMILES string of the molecule is CCOC(=O)C(NCC(C)C)C(C)CC. The average molecular weight is 215 g/mol. The van der Waals surface area contributed by atoms with Crippen LogP contribution in [0.5, 0.6) is 0 Å². The van der Waals surface area contributed by atoms with Crippen LogP contribution >= 0.6 is 0 Å². The molecule has 0 saturated carbocycles. The van der Waals surface area contributed by atoms with E-state index >= 15 is 0 Å². The molecule has 0 aromatic heterocycles. The molecule has 1 N–H and O–H groups in total. The zero-order valence-electron chi connectivity index (χ0n) is 10.7. The Balaban J connectivity index is 4.23. The molecule has 0 aromatic rings. The molecule has 0 amide bonds. The van der Waals surface area contributed by atoms with Gasteiger partial charge in [0.1, 0.15) is 6.04 Å². The second kappa shape index (κ2) is 7.69. The minimum atomic E-state index is -0.155. The quantitative estimate of drug-likeness (QED) is 0.662. The summed E-state index contributed by atoms with van der Waals surface area (Å²) in [5, 5.41) is 3.28. The lowest BCUT2D eigenvalue weighted by Crippen LogP contribution is -2.44. The third kappa shape index (κ3) is 5.78. The van der Waals surface area contributed by atoms with Crippen LogP contribution in [0.2, 0.25) is 0 Å². The van der Waals surface area contributed by atoms with Crippen LogP contribution in [0, 0.1) is 11.8 Å². The van der Waals surface area contributed by atoms with Gasteiger partial charge < -0.3 is 10.1 Å². The molecule has 0 spiro atoms. The van der Waals surface area contributed by atoms with Crippen molar-refractivity contribution in [2.45, 2.75) is 47.1 Å². The molecule has 3 nitrogen and oxygen atoms in total. The van der Waals surface area contributed by atoms with E-state index in [0.29, 0.717) is 18.4 Å². The van der Waals surface area contributed by atoms with Crippen LogP contribution in [0.25, 0.3) is 0 Å². The van der Waals surface area contributed by atoms with Crippen LogP contribution in [0.1, 0.15) is 41.0 Å².